The Morgan fingerprint density at radius 3 is 2.44 bits per heavy atom. The van der Waals surface area contributed by atoms with Crippen LogP contribution in [0.1, 0.15) is 42.9 Å². The predicted molar refractivity (Wildman–Crippen MR) is 115 cm³/mol. The fourth-order valence-corrected chi connectivity index (χ4v) is 3.50. The first-order valence-corrected chi connectivity index (χ1v) is 9.91. The molecule has 1 aliphatic heterocycles. The number of aliphatic carboxylic acids is 1. The molecule has 0 spiro atoms. The second-order valence-electron chi connectivity index (χ2n) is 7.21. The third-order valence-electron chi connectivity index (χ3n) is 5.10. The molecule has 1 N–H and O–H groups in total. The molecule has 0 aromatic heterocycles. The maximum absolute atomic E-state index is 12.9. The number of ether oxygens (including phenoxy) is 2. The van der Waals surface area contributed by atoms with Crippen LogP contribution in [0.4, 0.5) is 5.69 Å². The van der Waals surface area contributed by atoms with Crippen molar-refractivity contribution < 1.29 is 29.1 Å². The van der Waals surface area contributed by atoms with Gasteiger partial charge < -0.3 is 14.6 Å². The number of non-ortho nitro benzene ring substituents is 1. The molecule has 10 nitrogen and oxygen atoms in total. The zero-order chi connectivity index (χ0) is 23.3. The highest BCUT2D eigenvalue weighted by Crippen LogP contribution is 2.36. The van der Waals surface area contributed by atoms with Crippen molar-refractivity contribution in [2.24, 2.45) is 5.10 Å². The van der Waals surface area contributed by atoms with Crippen LogP contribution in [-0.4, -0.2) is 46.8 Å². The Balaban J connectivity index is 1.96. The van der Waals surface area contributed by atoms with Crippen LogP contribution >= 0.6 is 0 Å². The lowest BCUT2D eigenvalue weighted by atomic mass is 9.97. The fraction of sp³-hybridized carbons (Fsp3) is 0.318. The quantitative estimate of drug-likeness (QED) is 0.465. The molecule has 2 aromatic carbocycles. The molecule has 1 atom stereocenters. The van der Waals surface area contributed by atoms with Gasteiger partial charge in [0.15, 0.2) is 0 Å². The molecule has 1 heterocycles. The third-order valence-corrected chi connectivity index (χ3v) is 5.10. The first kappa shape index (κ1) is 22.7. The number of amides is 1. The van der Waals surface area contributed by atoms with Gasteiger partial charge in [-0.25, -0.2) is 5.01 Å². The van der Waals surface area contributed by atoms with Gasteiger partial charge in [0.1, 0.15) is 11.5 Å². The molecule has 0 bridgehead atoms. The maximum atomic E-state index is 12.9. The van der Waals surface area contributed by atoms with Gasteiger partial charge >= 0.3 is 5.97 Å². The zero-order valence-corrected chi connectivity index (χ0v) is 17.7. The Bertz CT molecular complexity index is 1040. The number of nitrogens with zero attached hydrogens (tertiary/aromatic N) is 3. The van der Waals surface area contributed by atoms with E-state index >= 15 is 0 Å². The number of hydrogen-bond donors (Lipinski definition) is 1. The van der Waals surface area contributed by atoms with Crippen molar-refractivity contribution >= 4 is 23.3 Å². The lowest BCUT2D eigenvalue weighted by Gasteiger charge is -2.22. The summed E-state index contributed by atoms with van der Waals surface area (Å²) in [6.45, 7) is 0. The van der Waals surface area contributed by atoms with Gasteiger partial charge in [-0.05, 0) is 24.1 Å². The van der Waals surface area contributed by atoms with E-state index in [9.17, 15) is 19.7 Å². The Morgan fingerprint density at radius 2 is 1.84 bits per heavy atom. The minimum atomic E-state index is -0.984. The predicted octanol–water partition coefficient (Wildman–Crippen LogP) is 3.54. The molecular formula is C22H23N3O7. The first-order chi connectivity index (χ1) is 15.3. The van der Waals surface area contributed by atoms with Gasteiger partial charge in [0.05, 0.1) is 30.9 Å². The van der Waals surface area contributed by atoms with Crippen LogP contribution in [0.15, 0.2) is 47.6 Å². The number of nitro benzene ring substituents is 1. The van der Waals surface area contributed by atoms with E-state index in [0.717, 1.165) is 0 Å². The molecule has 0 radical (unpaired) electrons. The fourth-order valence-electron chi connectivity index (χ4n) is 3.50. The first-order valence-electron chi connectivity index (χ1n) is 9.91. The molecule has 1 unspecified atom stereocenters. The van der Waals surface area contributed by atoms with Crippen molar-refractivity contribution in [3.05, 3.63) is 63.7 Å². The minimum Gasteiger partial charge on any atom is -0.497 e. The van der Waals surface area contributed by atoms with Crippen LogP contribution in [0.25, 0.3) is 0 Å². The van der Waals surface area contributed by atoms with E-state index in [1.807, 2.05) is 0 Å². The van der Waals surface area contributed by atoms with Gasteiger partial charge in [0.2, 0.25) is 5.91 Å². The molecule has 168 valence electrons. The summed E-state index contributed by atoms with van der Waals surface area (Å²) in [6.07, 6.45) is 0.354. The summed E-state index contributed by atoms with van der Waals surface area (Å²) in [5.41, 5.74) is 1.76. The van der Waals surface area contributed by atoms with E-state index in [1.54, 1.807) is 30.3 Å². The SMILES string of the molecule is COc1cc(OC)cc(C2=NN(C(=O)CCCC(=O)O)C(c3cccc([N+](=O)[O-])c3)C2)c1. The summed E-state index contributed by atoms with van der Waals surface area (Å²) >= 11 is 0. The van der Waals surface area contributed by atoms with Crippen molar-refractivity contribution in [3.63, 3.8) is 0 Å². The Hall–Kier alpha value is -3.95. The lowest BCUT2D eigenvalue weighted by Crippen LogP contribution is -2.27. The van der Waals surface area contributed by atoms with E-state index in [4.69, 9.17) is 14.6 Å². The molecule has 32 heavy (non-hydrogen) atoms. The molecular weight excluding hydrogens is 418 g/mol. The van der Waals surface area contributed by atoms with Crippen molar-refractivity contribution in [1.82, 2.24) is 5.01 Å². The maximum Gasteiger partial charge on any atom is 0.303 e. The number of carboxylic acids is 1. The van der Waals surface area contributed by atoms with E-state index in [-0.39, 0.29) is 30.9 Å². The number of carbonyl (C=O) groups is 2. The number of methoxy groups -OCH3 is 2. The van der Waals surface area contributed by atoms with Crippen LogP contribution in [0.3, 0.4) is 0 Å². The van der Waals surface area contributed by atoms with Crippen molar-refractivity contribution in [2.75, 3.05) is 14.2 Å². The number of hydrazone groups is 1. The van der Waals surface area contributed by atoms with E-state index in [2.05, 4.69) is 5.10 Å². The standard InChI is InChI=1S/C22H23N3O7/c1-31-17-10-15(11-18(12-17)32-2)19-13-20(14-5-3-6-16(9-14)25(29)30)24(23-19)21(26)7-4-8-22(27)28/h3,5-6,9-12,20H,4,7-8,13H2,1-2H3,(H,27,28). The smallest absolute Gasteiger partial charge is 0.303 e. The Labute approximate surface area is 184 Å². The monoisotopic (exact) mass is 441 g/mol. The molecule has 0 aliphatic carbocycles. The molecule has 3 rings (SSSR count). The Kier molecular flexibility index (Phi) is 7.04. The van der Waals surface area contributed by atoms with Crippen LogP contribution in [0.5, 0.6) is 11.5 Å². The van der Waals surface area contributed by atoms with E-state index in [1.165, 1.54) is 31.4 Å². The molecule has 0 saturated carbocycles. The topological polar surface area (TPSA) is 132 Å². The normalized spacial score (nSPS) is 15.2. The second kappa shape index (κ2) is 9.90. The van der Waals surface area contributed by atoms with Crippen molar-refractivity contribution in [1.29, 1.82) is 0 Å². The summed E-state index contributed by atoms with van der Waals surface area (Å²) in [4.78, 5) is 34.4. The summed E-state index contributed by atoms with van der Waals surface area (Å²) in [7, 11) is 3.05. The van der Waals surface area contributed by atoms with E-state index < -0.39 is 16.9 Å². The van der Waals surface area contributed by atoms with Crippen molar-refractivity contribution in [2.45, 2.75) is 31.7 Å². The van der Waals surface area contributed by atoms with Gasteiger partial charge in [-0.2, -0.15) is 5.10 Å². The molecule has 0 fully saturated rings. The highest BCUT2D eigenvalue weighted by Gasteiger charge is 2.34. The van der Waals surface area contributed by atoms with Gasteiger partial charge in [-0.3, -0.25) is 19.7 Å². The number of carbonyl (C=O) groups excluding carboxylic acids is 1. The molecule has 1 aliphatic rings. The summed E-state index contributed by atoms with van der Waals surface area (Å²) in [5, 5.41) is 25.9. The highest BCUT2D eigenvalue weighted by molar-refractivity contribution is 6.03. The molecule has 2 aromatic rings. The number of hydrogen-bond acceptors (Lipinski definition) is 7. The second-order valence-corrected chi connectivity index (χ2v) is 7.21. The minimum absolute atomic E-state index is 0.00403. The number of rotatable bonds is 9. The lowest BCUT2D eigenvalue weighted by molar-refractivity contribution is -0.385. The van der Waals surface area contributed by atoms with Crippen molar-refractivity contribution in [3.8, 4) is 11.5 Å². The zero-order valence-electron chi connectivity index (χ0n) is 17.7. The summed E-state index contributed by atoms with van der Waals surface area (Å²) in [6, 6.07) is 10.8. The number of benzene rings is 2. The highest BCUT2D eigenvalue weighted by atomic mass is 16.6. The van der Waals surface area contributed by atoms with Gasteiger partial charge in [-0.1, -0.05) is 12.1 Å². The Morgan fingerprint density at radius 1 is 1.16 bits per heavy atom. The van der Waals surface area contributed by atoms with Crippen LogP contribution in [-0.2, 0) is 9.59 Å². The summed E-state index contributed by atoms with van der Waals surface area (Å²) < 4.78 is 10.6. The summed E-state index contributed by atoms with van der Waals surface area (Å²) in [5.74, 6) is -0.227. The van der Waals surface area contributed by atoms with E-state index in [0.29, 0.717) is 34.8 Å². The third kappa shape index (κ3) is 5.20. The molecule has 1 amide bonds. The number of nitro groups is 1. The van der Waals surface area contributed by atoms with Gasteiger partial charge in [-0.15, -0.1) is 0 Å². The average Bonchev–Trinajstić information content (AvgIpc) is 3.24. The average molecular weight is 441 g/mol. The van der Waals surface area contributed by atoms with Gasteiger partial charge in [0, 0.05) is 43.0 Å². The van der Waals surface area contributed by atoms with Crippen LogP contribution in [0.2, 0.25) is 0 Å². The molecule has 10 heteroatoms. The number of carboxylic acid groups (broad SMARTS) is 1. The largest absolute Gasteiger partial charge is 0.497 e. The molecule has 0 saturated heterocycles. The van der Waals surface area contributed by atoms with Gasteiger partial charge in [0.25, 0.3) is 5.69 Å². The van der Waals surface area contributed by atoms with Crippen LogP contribution < -0.4 is 9.47 Å². The van der Waals surface area contributed by atoms with Crippen LogP contribution in [0, 0.1) is 10.1 Å².